The summed E-state index contributed by atoms with van der Waals surface area (Å²) in [5.41, 5.74) is 5.31. The van der Waals surface area contributed by atoms with Gasteiger partial charge in [0.15, 0.2) is 11.5 Å². The van der Waals surface area contributed by atoms with Gasteiger partial charge in [0, 0.05) is 22.7 Å². The molecule has 0 unspecified atom stereocenters. The van der Waals surface area contributed by atoms with E-state index in [4.69, 9.17) is 26.2 Å². The zero-order chi connectivity index (χ0) is 19.7. The number of rotatable bonds is 4. The van der Waals surface area contributed by atoms with Gasteiger partial charge in [0.05, 0.1) is 25.6 Å². The second-order valence-corrected chi connectivity index (χ2v) is 7.41. The van der Waals surface area contributed by atoms with Gasteiger partial charge in [-0.25, -0.2) is 4.68 Å². The maximum absolute atomic E-state index is 6.29. The molecule has 0 fully saturated rings. The maximum Gasteiger partial charge on any atom is 0.161 e. The SMILES string of the molecule is COc1ccc(-c2nn(-c3cc(Cl)ccc3C)c3c2CCCCN3)cc1OC. The van der Waals surface area contributed by atoms with Crippen LogP contribution >= 0.6 is 11.6 Å². The first-order valence-electron chi connectivity index (χ1n) is 9.47. The van der Waals surface area contributed by atoms with Gasteiger partial charge in [0.1, 0.15) is 5.82 Å². The van der Waals surface area contributed by atoms with Crippen molar-refractivity contribution in [3.63, 3.8) is 0 Å². The molecular formula is C22H24ClN3O2. The van der Waals surface area contributed by atoms with E-state index in [2.05, 4.69) is 12.2 Å². The van der Waals surface area contributed by atoms with Crippen LogP contribution in [0.4, 0.5) is 5.82 Å². The maximum atomic E-state index is 6.29. The van der Waals surface area contributed by atoms with Crippen molar-refractivity contribution in [1.29, 1.82) is 0 Å². The molecule has 4 rings (SSSR count). The van der Waals surface area contributed by atoms with E-state index in [1.807, 2.05) is 41.1 Å². The highest BCUT2D eigenvalue weighted by Crippen LogP contribution is 2.38. The zero-order valence-corrected chi connectivity index (χ0v) is 17.1. The Morgan fingerprint density at radius 1 is 1.04 bits per heavy atom. The van der Waals surface area contributed by atoms with Crippen LogP contribution in [0.2, 0.25) is 5.02 Å². The number of hydrogen-bond acceptors (Lipinski definition) is 4. The molecule has 146 valence electrons. The van der Waals surface area contributed by atoms with Crippen molar-refractivity contribution in [3.05, 3.63) is 52.5 Å². The molecule has 0 amide bonds. The molecule has 2 heterocycles. The van der Waals surface area contributed by atoms with E-state index in [1.165, 1.54) is 5.56 Å². The second-order valence-electron chi connectivity index (χ2n) is 6.97. The Hall–Kier alpha value is -2.66. The Bertz CT molecular complexity index is 1010. The molecule has 0 saturated heterocycles. The lowest BCUT2D eigenvalue weighted by Crippen LogP contribution is -2.08. The number of methoxy groups -OCH3 is 2. The number of benzene rings is 2. The summed E-state index contributed by atoms with van der Waals surface area (Å²) in [6.07, 6.45) is 3.24. The summed E-state index contributed by atoms with van der Waals surface area (Å²) in [4.78, 5) is 0. The quantitative estimate of drug-likeness (QED) is 0.651. The lowest BCUT2D eigenvalue weighted by atomic mass is 10.0. The molecule has 0 radical (unpaired) electrons. The fourth-order valence-electron chi connectivity index (χ4n) is 3.70. The Morgan fingerprint density at radius 3 is 2.64 bits per heavy atom. The summed E-state index contributed by atoms with van der Waals surface area (Å²) in [6.45, 7) is 3.01. The smallest absolute Gasteiger partial charge is 0.161 e. The van der Waals surface area contributed by atoms with Gasteiger partial charge in [0.25, 0.3) is 0 Å². The predicted octanol–water partition coefficient (Wildman–Crippen LogP) is 5.27. The van der Waals surface area contributed by atoms with Crippen LogP contribution in [0, 0.1) is 6.92 Å². The van der Waals surface area contributed by atoms with Crippen molar-refractivity contribution in [2.45, 2.75) is 26.2 Å². The summed E-state index contributed by atoms with van der Waals surface area (Å²) >= 11 is 6.29. The molecule has 6 heteroatoms. The number of aryl methyl sites for hydroxylation is 1. The van der Waals surface area contributed by atoms with Crippen molar-refractivity contribution in [1.82, 2.24) is 9.78 Å². The monoisotopic (exact) mass is 397 g/mol. The fourth-order valence-corrected chi connectivity index (χ4v) is 3.87. The minimum Gasteiger partial charge on any atom is -0.493 e. The van der Waals surface area contributed by atoms with E-state index in [1.54, 1.807) is 14.2 Å². The molecule has 3 aromatic rings. The van der Waals surface area contributed by atoms with Crippen molar-refractivity contribution < 1.29 is 9.47 Å². The van der Waals surface area contributed by atoms with Gasteiger partial charge in [-0.15, -0.1) is 0 Å². The topological polar surface area (TPSA) is 48.3 Å². The van der Waals surface area contributed by atoms with Gasteiger partial charge in [-0.2, -0.15) is 5.10 Å². The van der Waals surface area contributed by atoms with Crippen LogP contribution in [0.15, 0.2) is 36.4 Å². The Balaban J connectivity index is 1.92. The van der Waals surface area contributed by atoms with Crippen LogP contribution in [0.5, 0.6) is 11.5 Å². The summed E-state index contributed by atoms with van der Waals surface area (Å²) in [5.74, 6) is 2.46. The third kappa shape index (κ3) is 3.31. The van der Waals surface area contributed by atoms with E-state index in [-0.39, 0.29) is 0 Å². The largest absolute Gasteiger partial charge is 0.493 e. The van der Waals surface area contributed by atoms with Crippen LogP contribution in [0.1, 0.15) is 24.0 Å². The highest BCUT2D eigenvalue weighted by molar-refractivity contribution is 6.30. The van der Waals surface area contributed by atoms with Gasteiger partial charge in [-0.05, 0) is 62.1 Å². The first-order chi connectivity index (χ1) is 13.6. The molecular weight excluding hydrogens is 374 g/mol. The van der Waals surface area contributed by atoms with Crippen LogP contribution in [0.3, 0.4) is 0 Å². The van der Waals surface area contributed by atoms with E-state index < -0.39 is 0 Å². The number of aromatic nitrogens is 2. The molecule has 5 nitrogen and oxygen atoms in total. The first-order valence-corrected chi connectivity index (χ1v) is 9.85. The van der Waals surface area contributed by atoms with Crippen LogP contribution in [0.25, 0.3) is 16.9 Å². The molecule has 1 aliphatic rings. The van der Waals surface area contributed by atoms with E-state index >= 15 is 0 Å². The highest BCUT2D eigenvalue weighted by Gasteiger charge is 2.23. The lowest BCUT2D eigenvalue weighted by Gasteiger charge is -2.12. The molecule has 0 aliphatic carbocycles. The number of fused-ring (bicyclic) bond motifs is 1. The van der Waals surface area contributed by atoms with E-state index in [9.17, 15) is 0 Å². The summed E-state index contributed by atoms with van der Waals surface area (Å²) in [5, 5.41) is 9.29. The molecule has 28 heavy (non-hydrogen) atoms. The predicted molar refractivity (Wildman–Crippen MR) is 113 cm³/mol. The van der Waals surface area contributed by atoms with Crippen molar-refractivity contribution in [2.24, 2.45) is 0 Å². The number of halogens is 1. The zero-order valence-electron chi connectivity index (χ0n) is 16.4. The first kappa shape index (κ1) is 18.7. The van der Waals surface area contributed by atoms with Gasteiger partial charge in [-0.1, -0.05) is 17.7 Å². The van der Waals surface area contributed by atoms with Crippen LogP contribution < -0.4 is 14.8 Å². The molecule has 1 aromatic heterocycles. The molecule has 0 atom stereocenters. The average molecular weight is 398 g/mol. The number of nitrogens with one attached hydrogen (secondary N) is 1. The van der Waals surface area contributed by atoms with Gasteiger partial charge in [-0.3, -0.25) is 0 Å². The summed E-state index contributed by atoms with van der Waals surface area (Å²) in [7, 11) is 3.29. The molecule has 1 N–H and O–H groups in total. The van der Waals surface area contributed by atoms with Gasteiger partial charge < -0.3 is 14.8 Å². The molecule has 1 aliphatic heterocycles. The van der Waals surface area contributed by atoms with Gasteiger partial charge in [0.2, 0.25) is 0 Å². The molecule has 0 saturated carbocycles. The lowest BCUT2D eigenvalue weighted by molar-refractivity contribution is 0.355. The summed E-state index contributed by atoms with van der Waals surface area (Å²) < 4.78 is 12.9. The minimum absolute atomic E-state index is 0.698. The Kier molecular flexibility index (Phi) is 5.18. The molecule has 2 aromatic carbocycles. The average Bonchev–Trinajstić information content (AvgIpc) is 2.90. The number of anilines is 1. The number of ether oxygens (including phenoxy) is 2. The standard InChI is InChI=1S/C22H24ClN3O2/c1-14-7-9-16(23)13-18(14)26-22-17(6-4-5-11-24-22)21(25-26)15-8-10-19(27-2)20(12-15)28-3/h7-10,12-13,24H,4-6,11H2,1-3H3. The van der Waals surface area contributed by atoms with Crippen molar-refractivity contribution in [2.75, 3.05) is 26.1 Å². The van der Waals surface area contributed by atoms with Gasteiger partial charge >= 0.3 is 0 Å². The number of hydrogen-bond donors (Lipinski definition) is 1. The second kappa shape index (κ2) is 7.76. The Morgan fingerprint density at radius 2 is 1.86 bits per heavy atom. The van der Waals surface area contributed by atoms with Crippen molar-refractivity contribution >= 4 is 17.4 Å². The van der Waals surface area contributed by atoms with Crippen molar-refractivity contribution in [3.8, 4) is 28.4 Å². The molecule has 0 bridgehead atoms. The highest BCUT2D eigenvalue weighted by atomic mass is 35.5. The fraction of sp³-hybridized carbons (Fsp3) is 0.318. The Labute approximate surface area is 170 Å². The third-order valence-electron chi connectivity index (χ3n) is 5.19. The van der Waals surface area contributed by atoms with E-state index in [0.717, 1.165) is 54.1 Å². The summed E-state index contributed by atoms with van der Waals surface area (Å²) in [6, 6.07) is 11.8. The van der Waals surface area contributed by atoms with E-state index in [0.29, 0.717) is 16.5 Å². The molecule has 0 spiro atoms. The normalized spacial score (nSPS) is 13.4. The minimum atomic E-state index is 0.698. The van der Waals surface area contributed by atoms with Crippen LogP contribution in [-0.4, -0.2) is 30.5 Å². The third-order valence-corrected chi connectivity index (χ3v) is 5.42. The number of nitrogens with zero attached hydrogens (tertiary/aromatic N) is 2. The van der Waals surface area contributed by atoms with Crippen LogP contribution in [-0.2, 0) is 6.42 Å².